The van der Waals surface area contributed by atoms with E-state index >= 15 is 0 Å². The smallest absolute Gasteiger partial charge is 0.237 e. The number of piperidine rings is 1. The maximum Gasteiger partial charge on any atom is 0.237 e. The minimum atomic E-state index is -0.269. The standard InChI is InChI=1S/C18H25FN2O2/c1-2-15-5-3-4-10-20(15)13-18(22)21-11-17(12-21)23-16-8-6-14(19)7-9-16/h6-9,15,17H,2-5,10-13H2,1H3. The highest BCUT2D eigenvalue weighted by atomic mass is 19.1. The van der Waals surface area contributed by atoms with Crippen molar-refractivity contribution in [1.82, 2.24) is 9.80 Å². The predicted molar refractivity (Wildman–Crippen MR) is 86.9 cm³/mol. The fraction of sp³-hybridized carbons (Fsp3) is 0.611. The summed E-state index contributed by atoms with van der Waals surface area (Å²) in [6, 6.07) is 6.58. The molecule has 1 unspecified atom stereocenters. The number of nitrogens with zero attached hydrogens (tertiary/aromatic N) is 2. The van der Waals surface area contributed by atoms with Crippen molar-refractivity contribution in [3.63, 3.8) is 0 Å². The van der Waals surface area contributed by atoms with Gasteiger partial charge in [-0.1, -0.05) is 13.3 Å². The molecule has 0 aromatic heterocycles. The number of halogens is 1. The monoisotopic (exact) mass is 320 g/mol. The molecule has 0 spiro atoms. The van der Waals surface area contributed by atoms with E-state index in [0.29, 0.717) is 31.4 Å². The van der Waals surface area contributed by atoms with E-state index in [0.717, 1.165) is 13.0 Å². The van der Waals surface area contributed by atoms with Gasteiger partial charge in [-0.25, -0.2) is 4.39 Å². The second-order valence-electron chi connectivity index (χ2n) is 6.52. The molecule has 4 nitrogen and oxygen atoms in total. The maximum absolute atomic E-state index is 12.9. The van der Waals surface area contributed by atoms with Crippen LogP contribution in [-0.4, -0.2) is 54.0 Å². The normalized spacial score (nSPS) is 22.7. The molecule has 126 valence electrons. The van der Waals surface area contributed by atoms with Crippen LogP contribution in [0.1, 0.15) is 32.6 Å². The van der Waals surface area contributed by atoms with Gasteiger partial charge < -0.3 is 9.64 Å². The average molecular weight is 320 g/mol. The van der Waals surface area contributed by atoms with Crippen molar-refractivity contribution < 1.29 is 13.9 Å². The highest BCUT2D eigenvalue weighted by Gasteiger charge is 2.34. The maximum atomic E-state index is 12.9. The molecular weight excluding hydrogens is 295 g/mol. The number of hydrogen-bond acceptors (Lipinski definition) is 3. The van der Waals surface area contributed by atoms with E-state index in [-0.39, 0.29) is 17.8 Å². The number of amides is 1. The number of benzene rings is 1. The van der Waals surface area contributed by atoms with Gasteiger partial charge in [0.05, 0.1) is 19.6 Å². The lowest BCUT2D eigenvalue weighted by molar-refractivity contribution is -0.142. The Bertz CT molecular complexity index is 528. The first-order valence-corrected chi connectivity index (χ1v) is 8.59. The average Bonchev–Trinajstić information content (AvgIpc) is 2.52. The van der Waals surface area contributed by atoms with Crippen LogP contribution in [0.5, 0.6) is 5.75 Å². The molecule has 0 bridgehead atoms. The number of carbonyl (C=O) groups excluding carboxylic acids is 1. The van der Waals surface area contributed by atoms with Crippen molar-refractivity contribution in [2.24, 2.45) is 0 Å². The van der Waals surface area contributed by atoms with E-state index in [1.807, 2.05) is 4.90 Å². The Balaban J connectivity index is 1.43. The van der Waals surface area contributed by atoms with E-state index in [1.54, 1.807) is 12.1 Å². The van der Waals surface area contributed by atoms with E-state index in [1.165, 1.54) is 31.4 Å². The van der Waals surface area contributed by atoms with Crippen LogP contribution in [0.3, 0.4) is 0 Å². The molecule has 3 rings (SSSR count). The van der Waals surface area contributed by atoms with Crippen LogP contribution >= 0.6 is 0 Å². The Hall–Kier alpha value is -1.62. The van der Waals surface area contributed by atoms with Crippen LogP contribution in [0.15, 0.2) is 24.3 Å². The molecule has 0 aliphatic carbocycles. The van der Waals surface area contributed by atoms with Crippen molar-refractivity contribution in [3.05, 3.63) is 30.1 Å². The molecule has 2 aliphatic rings. The second-order valence-corrected chi connectivity index (χ2v) is 6.52. The van der Waals surface area contributed by atoms with Gasteiger partial charge in [0.25, 0.3) is 0 Å². The number of hydrogen-bond donors (Lipinski definition) is 0. The van der Waals surface area contributed by atoms with E-state index < -0.39 is 0 Å². The minimum Gasteiger partial charge on any atom is -0.487 e. The third-order valence-corrected chi connectivity index (χ3v) is 4.88. The Morgan fingerprint density at radius 2 is 2.00 bits per heavy atom. The summed E-state index contributed by atoms with van der Waals surface area (Å²) in [5.41, 5.74) is 0. The molecule has 0 saturated carbocycles. The van der Waals surface area contributed by atoms with Crippen molar-refractivity contribution in [3.8, 4) is 5.75 Å². The van der Waals surface area contributed by atoms with Crippen molar-refractivity contribution in [2.75, 3.05) is 26.2 Å². The van der Waals surface area contributed by atoms with Crippen molar-refractivity contribution in [1.29, 1.82) is 0 Å². The second kappa shape index (κ2) is 7.30. The molecule has 1 amide bonds. The third kappa shape index (κ3) is 4.02. The zero-order chi connectivity index (χ0) is 16.2. The molecule has 2 aliphatic heterocycles. The lowest BCUT2D eigenvalue weighted by Crippen LogP contribution is -2.59. The van der Waals surface area contributed by atoms with Crippen molar-refractivity contribution in [2.45, 2.75) is 44.8 Å². The largest absolute Gasteiger partial charge is 0.487 e. The van der Waals surface area contributed by atoms with E-state index in [4.69, 9.17) is 4.74 Å². The van der Waals surface area contributed by atoms with Crippen LogP contribution in [0, 0.1) is 5.82 Å². The number of rotatable bonds is 5. The van der Waals surface area contributed by atoms with Crippen molar-refractivity contribution >= 4 is 5.91 Å². The molecule has 1 aromatic carbocycles. The van der Waals surface area contributed by atoms with Crippen LogP contribution in [0.25, 0.3) is 0 Å². The minimum absolute atomic E-state index is 0.0211. The third-order valence-electron chi connectivity index (χ3n) is 4.88. The Labute approximate surface area is 137 Å². The molecule has 2 saturated heterocycles. The van der Waals surface area contributed by atoms with Crippen LogP contribution in [-0.2, 0) is 4.79 Å². The quantitative estimate of drug-likeness (QED) is 0.836. The number of likely N-dealkylation sites (tertiary alicyclic amines) is 2. The zero-order valence-corrected chi connectivity index (χ0v) is 13.7. The molecule has 1 aromatic rings. The molecule has 2 fully saturated rings. The number of ether oxygens (including phenoxy) is 1. The summed E-state index contributed by atoms with van der Waals surface area (Å²) in [6.07, 6.45) is 4.82. The molecule has 2 heterocycles. The lowest BCUT2D eigenvalue weighted by atomic mass is 10.00. The summed E-state index contributed by atoms with van der Waals surface area (Å²) in [4.78, 5) is 16.6. The SMILES string of the molecule is CCC1CCCCN1CC(=O)N1CC(Oc2ccc(F)cc2)C1. The lowest BCUT2D eigenvalue weighted by Gasteiger charge is -2.41. The Morgan fingerprint density at radius 1 is 1.26 bits per heavy atom. The van der Waals surface area contributed by atoms with Gasteiger partial charge in [-0.15, -0.1) is 0 Å². The van der Waals surface area contributed by atoms with Crippen LogP contribution in [0.2, 0.25) is 0 Å². The molecule has 1 atom stereocenters. The summed E-state index contributed by atoms with van der Waals surface area (Å²) in [5.74, 6) is 0.588. The van der Waals surface area contributed by atoms with Gasteiger partial charge in [0.15, 0.2) is 0 Å². The molecule has 23 heavy (non-hydrogen) atoms. The van der Waals surface area contributed by atoms with E-state index in [9.17, 15) is 9.18 Å². The molecule has 0 radical (unpaired) electrons. The first kappa shape index (κ1) is 16.2. The fourth-order valence-electron chi connectivity index (χ4n) is 3.43. The Kier molecular flexibility index (Phi) is 5.16. The first-order valence-electron chi connectivity index (χ1n) is 8.59. The topological polar surface area (TPSA) is 32.8 Å². The summed E-state index contributed by atoms with van der Waals surface area (Å²) in [6.45, 7) is 5.01. The van der Waals surface area contributed by atoms with Gasteiger partial charge in [0.2, 0.25) is 5.91 Å². The van der Waals surface area contributed by atoms with Gasteiger partial charge in [0.1, 0.15) is 17.7 Å². The highest BCUT2D eigenvalue weighted by molar-refractivity contribution is 5.79. The van der Waals surface area contributed by atoms with Crippen LogP contribution < -0.4 is 4.74 Å². The molecular formula is C18H25FN2O2. The van der Waals surface area contributed by atoms with Gasteiger partial charge in [-0.05, 0) is 50.1 Å². The summed E-state index contributed by atoms with van der Waals surface area (Å²) < 4.78 is 18.6. The summed E-state index contributed by atoms with van der Waals surface area (Å²) in [7, 11) is 0. The highest BCUT2D eigenvalue weighted by Crippen LogP contribution is 2.21. The molecule has 5 heteroatoms. The predicted octanol–water partition coefficient (Wildman–Crippen LogP) is 2.68. The van der Waals surface area contributed by atoms with Gasteiger partial charge in [-0.2, -0.15) is 0 Å². The van der Waals surface area contributed by atoms with E-state index in [2.05, 4.69) is 11.8 Å². The fourth-order valence-corrected chi connectivity index (χ4v) is 3.43. The molecule has 0 N–H and O–H groups in total. The summed E-state index contributed by atoms with van der Waals surface area (Å²) >= 11 is 0. The van der Waals surface area contributed by atoms with Gasteiger partial charge in [0, 0.05) is 6.04 Å². The zero-order valence-electron chi connectivity index (χ0n) is 13.7. The first-order chi connectivity index (χ1) is 11.2. The van der Waals surface area contributed by atoms with Crippen LogP contribution in [0.4, 0.5) is 4.39 Å². The van der Waals surface area contributed by atoms with Gasteiger partial charge >= 0.3 is 0 Å². The summed E-state index contributed by atoms with van der Waals surface area (Å²) in [5, 5.41) is 0. The number of carbonyl (C=O) groups is 1. The Morgan fingerprint density at radius 3 is 2.70 bits per heavy atom. The van der Waals surface area contributed by atoms with Gasteiger partial charge in [-0.3, -0.25) is 9.69 Å².